The van der Waals surface area contributed by atoms with Crippen LogP contribution in [0.25, 0.3) is 11.0 Å². The summed E-state index contributed by atoms with van der Waals surface area (Å²) in [5, 5.41) is 13.3. The highest BCUT2D eigenvalue weighted by atomic mass is 16.4. The van der Waals surface area contributed by atoms with Gasteiger partial charge in [-0.1, -0.05) is 6.92 Å². The Morgan fingerprint density at radius 1 is 1.38 bits per heavy atom. The van der Waals surface area contributed by atoms with E-state index < -0.39 is 5.63 Å². The number of rotatable bonds is 3. The molecule has 2 N–H and O–H groups in total. The van der Waals surface area contributed by atoms with Gasteiger partial charge in [0.05, 0.1) is 11.5 Å². The van der Waals surface area contributed by atoms with E-state index in [4.69, 9.17) is 4.42 Å². The fourth-order valence-electron chi connectivity index (χ4n) is 1.52. The molecule has 1 heterocycles. The second-order valence-electron chi connectivity index (χ2n) is 3.59. The van der Waals surface area contributed by atoms with Crippen molar-refractivity contribution in [1.82, 2.24) is 0 Å². The molecule has 2 aromatic rings. The number of nitrogens with one attached hydrogen (secondary N) is 1. The van der Waals surface area contributed by atoms with Gasteiger partial charge in [0.2, 0.25) is 0 Å². The summed E-state index contributed by atoms with van der Waals surface area (Å²) in [6.07, 6.45) is 1.02. The average Bonchev–Trinajstić information content (AvgIpc) is 2.25. The summed E-state index contributed by atoms with van der Waals surface area (Å²) in [5.74, 6) is -0.0479. The molecule has 84 valence electrons. The fourth-order valence-corrected chi connectivity index (χ4v) is 1.52. The molecule has 1 aromatic carbocycles. The molecule has 1 aromatic heterocycles. The van der Waals surface area contributed by atoms with Crippen LogP contribution in [-0.4, -0.2) is 11.7 Å². The van der Waals surface area contributed by atoms with E-state index in [1.54, 1.807) is 12.1 Å². The molecule has 16 heavy (non-hydrogen) atoms. The number of fused-ring (bicyclic) bond motifs is 1. The Morgan fingerprint density at radius 3 is 2.94 bits per heavy atom. The Hall–Kier alpha value is -1.97. The van der Waals surface area contributed by atoms with Gasteiger partial charge in [-0.05, 0) is 18.6 Å². The van der Waals surface area contributed by atoms with Crippen molar-refractivity contribution in [3.63, 3.8) is 0 Å². The van der Waals surface area contributed by atoms with E-state index in [0.29, 0.717) is 11.0 Å². The summed E-state index contributed by atoms with van der Waals surface area (Å²) in [6, 6.07) is 6.36. The van der Waals surface area contributed by atoms with E-state index in [-0.39, 0.29) is 5.75 Å². The number of benzene rings is 1. The normalized spacial score (nSPS) is 10.6. The smallest absolute Gasteiger partial charge is 0.339 e. The van der Waals surface area contributed by atoms with Crippen LogP contribution in [0.1, 0.15) is 13.3 Å². The van der Waals surface area contributed by atoms with Crippen molar-refractivity contribution in [1.29, 1.82) is 0 Å². The molecule has 0 aliphatic heterocycles. The van der Waals surface area contributed by atoms with Crippen LogP contribution < -0.4 is 10.9 Å². The Bertz CT molecular complexity index is 560. The largest absolute Gasteiger partial charge is 0.507 e. The minimum Gasteiger partial charge on any atom is -0.507 e. The monoisotopic (exact) mass is 219 g/mol. The molecule has 0 amide bonds. The molecule has 0 saturated carbocycles. The summed E-state index contributed by atoms with van der Waals surface area (Å²) in [4.78, 5) is 11.1. The zero-order valence-corrected chi connectivity index (χ0v) is 8.99. The lowest BCUT2D eigenvalue weighted by Crippen LogP contribution is -2.00. The quantitative estimate of drug-likeness (QED) is 0.777. The van der Waals surface area contributed by atoms with Gasteiger partial charge in [0.25, 0.3) is 0 Å². The number of hydrogen-bond donors (Lipinski definition) is 2. The van der Waals surface area contributed by atoms with E-state index in [2.05, 4.69) is 12.2 Å². The van der Waals surface area contributed by atoms with Gasteiger partial charge >= 0.3 is 5.63 Å². The minimum absolute atomic E-state index is 0.0479. The van der Waals surface area contributed by atoms with Gasteiger partial charge in [-0.15, -0.1) is 0 Å². The van der Waals surface area contributed by atoms with Crippen molar-refractivity contribution in [2.45, 2.75) is 13.3 Å². The first-order chi connectivity index (χ1) is 7.70. The third-order valence-electron chi connectivity index (χ3n) is 2.30. The average molecular weight is 219 g/mol. The Kier molecular flexibility index (Phi) is 2.81. The predicted molar refractivity (Wildman–Crippen MR) is 62.9 cm³/mol. The van der Waals surface area contributed by atoms with Gasteiger partial charge < -0.3 is 14.8 Å². The van der Waals surface area contributed by atoms with Crippen LogP contribution in [0.2, 0.25) is 0 Å². The Labute approximate surface area is 92.5 Å². The number of aromatic hydroxyl groups is 1. The third-order valence-corrected chi connectivity index (χ3v) is 2.30. The van der Waals surface area contributed by atoms with Crippen molar-refractivity contribution in [2.75, 3.05) is 11.9 Å². The molecule has 4 heteroatoms. The summed E-state index contributed by atoms with van der Waals surface area (Å²) < 4.78 is 5.01. The third kappa shape index (κ3) is 2.00. The van der Waals surface area contributed by atoms with E-state index in [1.165, 1.54) is 0 Å². The lowest BCUT2D eigenvalue weighted by Gasteiger charge is -2.05. The SMILES string of the molecule is CCCNc1ccc2c(O)cc(=O)oc2c1. The molecule has 0 aliphatic carbocycles. The van der Waals surface area contributed by atoms with Crippen LogP contribution in [0.3, 0.4) is 0 Å². The minimum atomic E-state index is -0.544. The van der Waals surface area contributed by atoms with E-state index >= 15 is 0 Å². The van der Waals surface area contributed by atoms with Crippen molar-refractivity contribution in [3.8, 4) is 5.75 Å². The van der Waals surface area contributed by atoms with Crippen molar-refractivity contribution in [3.05, 3.63) is 34.7 Å². The van der Waals surface area contributed by atoms with Crippen LogP contribution in [-0.2, 0) is 0 Å². The molecule has 0 atom stereocenters. The van der Waals surface area contributed by atoms with Crippen LogP contribution in [0, 0.1) is 0 Å². The first-order valence-electron chi connectivity index (χ1n) is 5.21. The molecular formula is C12H13NO3. The van der Waals surface area contributed by atoms with Crippen LogP contribution in [0.5, 0.6) is 5.75 Å². The maximum Gasteiger partial charge on any atom is 0.339 e. The predicted octanol–water partition coefficient (Wildman–Crippen LogP) is 2.32. The molecular weight excluding hydrogens is 206 g/mol. The highest BCUT2D eigenvalue weighted by Crippen LogP contribution is 2.24. The Balaban J connectivity index is 2.49. The molecule has 0 radical (unpaired) electrons. The van der Waals surface area contributed by atoms with Crippen molar-refractivity contribution in [2.24, 2.45) is 0 Å². The first-order valence-corrected chi connectivity index (χ1v) is 5.21. The summed E-state index contributed by atoms with van der Waals surface area (Å²) in [6.45, 7) is 2.93. The Morgan fingerprint density at radius 2 is 2.19 bits per heavy atom. The van der Waals surface area contributed by atoms with Crippen LogP contribution in [0.15, 0.2) is 33.5 Å². The molecule has 0 unspecified atom stereocenters. The van der Waals surface area contributed by atoms with Gasteiger partial charge in [0, 0.05) is 18.3 Å². The standard InChI is InChI=1S/C12H13NO3/c1-2-5-13-8-3-4-9-10(14)7-12(15)16-11(9)6-8/h3-4,6-7,13-14H,2,5H2,1H3. The van der Waals surface area contributed by atoms with Crippen LogP contribution >= 0.6 is 0 Å². The van der Waals surface area contributed by atoms with E-state index in [9.17, 15) is 9.90 Å². The van der Waals surface area contributed by atoms with Crippen molar-refractivity contribution >= 4 is 16.7 Å². The van der Waals surface area contributed by atoms with Gasteiger partial charge in [0.1, 0.15) is 11.3 Å². The highest BCUT2D eigenvalue weighted by molar-refractivity contribution is 5.85. The molecule has 0 fully saturated rings. The number of anilines is 1. The van der Waals surface area contributed by atoms with Crippen LogP contribution in [0.4, 0.5) is 5.69 Å². The van der Waals surface area contributed by atoms with Gasteiger partial charge in [-0.2, -0.15) is 0 Å². The molecule has 0 spiro atoms. The molecule has 2 rings (SSSR count). The first kappa shape index (κ1) is 10.5. The fraction of sp³-hybridized carbons (Fsp3) is 0.250. The second-order valence-corrected chi connectivity index (χ2v) is 3.59. The topological polar surface area (TPSA) is 62.5 Å². The molecule has 0 bridgehead atoms. The zero-order valence-electron chi connectivity index (χ0n) is 8.99. The van der Waals surface area contributed by atoms with Gasteiger partial charge in [-0.25, -0.2) is 4.79 Å². The maximum absolute atomic E-state index is 11.1. The second kappa shape index (κ2) is 4.26. The number of hydrogen-bond acceptors (Lipinski definition) is 4. The van der Waals surface area contributed by atoms with E-state index in [1.807, 2.05) is 6.07 Å². The lowest BCUT2D eigenvalue weighted by molar-refractivity contribution is 0.468. The molecule has 4 nitrogen and oxygen atoms in total. The summed E-state index contributed by atoms with van der Waals surface area (Å²) in [5.41, 5.74) is 0.729. The molecule has 0 aliphatic rings. The van der Waals surface area contributed by atoms with E-state index in [0.717, 1.165) is 24.7 Å². The zero-order chi connectivity index (χ0) is 11.5. The highest BCUT2D eigenvalue weighted by Gasteiger charge is 2.04. The molecule has 0 saturated heterocycles. The van der Waals surface area contributed by atoms with Gasteiger partial charge in [0.15, 0.2) is 0 Å². The maximum atomic E-state index is 11.1. The lowest BCUT2D eigenvalue weighted by atomic mass is 10.2. The van der Waals surface area contributed by atoms with Gasteiger partial charge in [-0.3, -0.25) is 0 Å². The summed E-state index contributed by atoms with van der Waals surface area (Å²) >= 11 is 0. The van der Waals surface area contributed by atoms with Crippen molar-refractivity contribution < 1.29 is 9.52 Å². The summed E-state index contributed by atoms with van der Waals surface area (Å²) in [7, 11) is 0.